The standard InChI is InChI=1S/C11H17N7O5/c1-17-7(12)4-8(15-11(17)22)18(10(14-4)16-13)9-6(21)5(20)3(2-19)23-9/h3,5-6,9,19-21H,2,12-13H2,1H3,(H,14,16)/t3-,5-,6-,9?/m1/s1. The molecule has 1 aliphatic rings. The number of nitrogen functional groups attached to an aromatic ring is 2. The molecule has 1 unspecified atom stereocenters. The van der Waals surface area contributed by atoms with Gasteiger partial charge in [0.05, 0.1) is 6.61 Å². The topological polar surface area (TPSA) is 187 Å². The summed E-state index contributed by atoms with van der Waals surface area (Å²) in [6.45, 7) is -0.496. The molecule has 1 saturated heterocycles. The molecule has 12 nitrogen and oxygen atoms in total. The van der Waals surface area contributed by atoms with Crippen LogP contribution >= 0.6 is 0 Å². The van der Waals surface area contributed by atoms with Crippen LogP contribution in [-0.2, 0) is 11.8 Å². The van der Waals surface area contributed by atoms with Gasteiger partial charge in [-0.1, -0.05) is 0 Å². The second-order valence-corrected chi connectivity index (χ2v) is 5.19. The van der Waals surface area contributed by atoms with Crippen molar-refractivity contribution in [3.63, 3.8) is 0 Å². The van der Waals surface area contributed by atoms with Gasteiger partial charge in [-0.05, 0) is 0 Å². The Morgan fingerprint density at radius 3 is 2.61 bits per heavy atom. The maximum absolute atomic E-state index is 11.9. The number of nitrogens with zero attached hydrogens (tertiary/aromatic N) is 4. The lowest BCUT2D eigenvalue weighted by molar-refractivity contribution is -0.0501. The van der Waals surface area contributed by atoms with Crippen molar-refractivity contribution in [2.24, 2.45) is 12.9 Å². The van der Waals surface area contributed by atoms with E-state index < -0.39 is 36.8 Å². The molecule has 1 fully saturated rings. The first-order valence-electron chi connectivity index (χ1n) is 6.74. The van der Waals surface area contributed by atoms with Gasteiger partial charge in [-0.2, -0.15) is 4.98 Å². The van der Waals surface area contributed by atoms with Crippen molar-refractivity contribution in [1.82, 2.24) is 19.1 Å². The fourth-order valence-electron chi connectivity index (χ4n) is 2.57. The van der Waals surface area contributed by atoms with Crippen molar-refractivity contribution in [2.75, 3.05) is 17.8 Å². The van der Waals surface area contributed by atoms with Gasteiger partial charge in [0.25, 0.3) is 0 Å². The first kappa shape index (κ1) is 15.6. The highest BCUT2D eigenvalue weighted by molar-refractivity contribution is 5.84. The molecule has 0 radical (unpaired) electrons. The van der Waals surface area contributed by atoms with E-state index in [0.29, 0.717) is 0 Å². The zero-order valence-electron chi connectivity index (χ0n) is 12.1. The SMILES string of the molecule is Cn1c(N)c2nc(NN)n(C3O[C@H](CO)[C@@H](O)[C@H]3O)c2nc1=O. The lowest BCUT2D eigenvalue weighted by atomic mass is 10.1. The maximum atomic E-state index is 11.9. The molecule has 23 heavy (non-hydrogen) atoms. The van der Waals surface area contributed by atoms with Crippen molar-refractivity contribution in [1.29, 1.82) is 0 Å². The summed E-state index contributed by atoms with van der Waals surface area (Å²) in [5.74, 6) is 5.50. The van der Waals surface area contributed by atoms with Gasteiger partial charge in [0.15, 0.2) is 17.4 Å². The quantitative estimate of drug-likeness (QED) is 0.245. The van der Waals surface area contributed by atoms with Crippen LogP contribution in [0.1, 0.15) is 6.23 Å². The number of hydrogen-bond acceptors (Lipinski definition) is 10. The molecular formula is C11H17N7O5. The molecule has 0 spiro atoms. The Morgan fingerprint density at radius 2 is 2.04 bits per heavy atom. The first-order chi connectivity index (χ1) is 10.9. The van der Waals surface area contributed by atoms with Crippen molar-refractivity contribution < 1.29 is 20.1 Å². The summed E-state index contributed by atoms with van der Waals surface area (Å²) in [7, 11) is 1.44. The predicted molar refractivity (Wildman–Crippen MR) is 78.0 cm³/mol. The third kappa shape index (κ3) is 2.15. The predicted octanol–water partition coefficient (Wildman–Crippen LogP) is -3.39. The molecule has 1 aliphatic heterocycles. The molecule has 3 rings (SSSR count). The molecule has 2 aromatic rings. The zero-order valence-corrected chi connectivity index (χ0v) is 12.1. The average molecular weight is 327 g/mol. The number of anilines is 2. The Kier molecular flexibility index (Phi) is 3.69. The molecule has 0 amide bonds. The summed E-state index contributed by atoms with van der Waals surface area (Å²) in [6.07, 6.45) is -4.86. The van der Waals surface area contributed by atoms with Crippen LogP contribution in [0, 0.1) is 0 Å². The van der Waals surface area contributed by atoms with Crippen LogP contribution in [0.25, 0.3) is 11.2 Å². The fraction of sp³-hybridized carbons (Fsp3) is 0.545. The molecule has 0 bridgehead atoms. The maximum Gasteiger partial charge on any atom is 0.350 e. The zero-order chi connectivity index (χ0) is 16.9. The number of aliphatic hydroxyl groups excluding tert-OH is 3. The number of imidazole rings is 1. The van der Waals surface area contributed by atoms with E-state index in [-0.39, 0.29) is 22.9 Å². The van der Waals surface area contributed by atoms with Gasteiger partial charge in [0.1, 0.15) is 24.1 Å². The number of aliphatic hydroxyl groups is 3. The Balaban J connectivity index is 2.23. The normalized spacial score (nSPS) is 27.7. The monoisotopic (exact) mass is 327 g/mol. The number of nitrogens with two attached hydrogens (primary N) is 2. The minimum atomic E-state index is -1.39. The summed E-state index contributed by atoms with van der Waals surface area (Å²) >= 11 is 0. The number of rotatable bonds is 3. The van der Waals surface area contributed by atoms with E-state index in [4.69, 9.17) is 16.3 Å². The van der Waals surface area contributed by atoms with E-state index >= 15 is 0 Å². The van der Waals surface area contributed by atoms with Crippen LogP contribution in [0.2, 0.25) is 0 Å². The van der Waals surface area contributed by atoms with Crippen LogP contribution in [0.15, 0.2) is 4.79 Å². The number of ether oxygens (including phenoxy) is 1. The molecule has 4 atom stereocenters. The molecule has 0 aliphatic carbocycles. The van der Waals surface area contributed by atoms with E-state index in [0.717, 1.165) is 4.57 Å². The lowest BCUT2D eigenvalue weighted by Gasteiger charge is -2.18. The summed E-state index contributed by atoms with van der Waals surface area (Å²) in [4.78, 5) is 19.9. The van der Waals surface area contributed by atoms with Crippen LogP contribution in [0.3, 0.4) is 0 Å². The summed E-state index contributed by atoms with van der Waals surface area (Å²) in [5, 5.41) is 29.2. The number of hydrogen-bond donors (Lipinski definition) is 6. The van der Waals surface area contributed by atoms with Gasteiger partial charge < -0.3 is 25.8 Å². The van der Waals surface area contributed by atoms with Crippen molar-refractivity contribution in [2.45, 2.75) is 24.5 Å². The van der Waals surface area contributed by atoms with Crippen molar-refractivity contribution in [3.05, 3.63) is 10.5 Å². The summed E-state index contributed by atoms with van der Waals surface area (Å²) in [5.41, 5.74) is 7.74. The molecule has 0 saturated carbocycles. The third-order valence-electron chi connectivity index (χ3n) is 3.88. The van der Waals surface area contributed by atoms with Crippen LogP contribution in [0.4, 0.5) is 11.8 Å². The van der Waals surface area contributed by atoms with Crippen LogP contribution < -0.4 is 22.7 Å². The highest BCUT2D eigenvalue weighted by atomic mass is 16.6. The largest absolute Gasteiger partial charge is 0.394 e. The number of nitrogens with one attached hydrogen (secondary N) is 1. The van der Waals surface area contributed by atoms with Gasteiger partial charge in [0.2, 0.25) is 5.95 Å². The van der Waals surface area contributed by atoms with E-state index in [2.05, 4.69) is 15.4 Å². The molecule has 3 heterocycles. The van der Waals surface area contributed by atoms with Gasteiger partial charge in [-0.25, -0.2) is 15.6 Å². The average Bonchev–Trinajstić information content (AvgIpc) is 3.03. The minimum absolute atomic E-state index is 0.0274. The fourth-order valence-corrected chi connectivity index (χ4v) is 2.57. The summed E-state index contributed by atoms with van der Waals surface area (Å²) < 4.78 is 7.76. The van der Waals surface area contributed by atoms with Crippen LogP contribution in [0.5, 0.6) is 0 Å². The number of aromatic nitrogens is 4. The first-order valence-corrected chi connectivity index (χ1v) is 6.74. The Morgan fingerprint density at radius 1 is 1.35 bits per heavy atom. The van der Waals surface area contributed by atoms with Gasteiger partial charge in [-0.3, -0.25) is 14.6 Å². The highest BCUT2D eigenvalue weighted by Crippen LogP contribution is 2.34. The van der Waals surface area contributed by atoms with Gasteiger partial charge in [0, 0.05) is 7.05 Å². The smallest absolute Gasteiger partial charge is 0.350 e. The van der Waals surface area contributed by atoms with Crippen molar-refractivity contribution >= 4 is 22.9 Å². The van der Waals surface area contributed by atoms with E-state index in [1.54, 1.807) is 0 Å². The van der Waals surface area contributed by atoms with E-state index in [1.807, 2.05) is 0 Å². The molecule has 2 aromatic heterocycles. The molecular weight excluding hydrogens is 310 g/mol. The van der Waals surface area contributed by atoms with Crippen molar-refractivity contribution in [3.8, 4) is 0 Å². The lowest BCUT2D eigenvalue weighted by Crippen LogP contribution is -2.33. The van der Waals surface area contributed by atoms with E-state index in [1.165, 1.54) is 11.6 Å². The minimum Gasteiger partial charge on any atom is -0.394 e. The highest BCUT2D eigenvalue weighted by Gasteiger charge is 2.45. The second-order valence-electron chi connectivity index (χ2n) is 5.19. The Bertz CT molecular complexity index is 802. The molecule has 8 N–H and O–H groups in total. The Hall–Kier alpha value is -2.25. The molecule has 0 aromatic carbocycles. The second kappa shape index (κ2) is 5.43. The van der Waals surface area contributed by atoms with Gasteiger partial charge >= 0.3 is 5.69 Å². The number of hydrazine groups is 1. The molecule has 126 valence electrons. The third-order valence-corrected chi connectivity index (χ3v) is 3.88. The summed E-state index contributed by atoms with van der Waals surface area (Å²) in [6, 6.07) is 0. The molecule has 12 heteroatoms. The van der Waals surface area contributed by atoms with Crippen LogP contribution in [-0.4, -0.2) is 59.3 Å². The Labute approximate surface area is 128 Å². The number of fused-ring (bicyclic) bond motifs is 1. The van der Waals surface area contributed by atoms with Gasteiger partial charge in [-0.15, -0.1) is 0 Å². The van der Waals surface area contributed by atoms with E-state index in [9.17, 15) is 20.1 Å².